The van der Waals surface area contributed by atoms with Crippen molar-refractivity contribution in [3.8, 4) is 0 Å². The van der Waals surface area contributed by atoms with Crippen LogP contribution in [0.4, 0.5) is 0 Å². The molecule has 0 aromatic heterocycles. The molecule has 0 spiro atoms. The minimum atomic E-state index is -0.277. The van der Waals surface area contributed by atoms with Crippen molar-refractivity contribution in [2.45, 2.75) is 25.9 Å². The lowest BCUT2D eigenvalue weighted by molar-refractivity contribution is -0.143. The van der Waals surface area contributed by atoms with Gasteiger partial charge in [-0.2, -0.15) is 0 Å². The van der Waals surface area contributed by atoms with Gasteiger partial charge in [-0.1, -0.05) is 6.92 Å². The van der Waals surface area contributed by atoms with Crippen molar-refractivity contribution in [3.05, 3.63) is 0 Å². The molecule has 0 fully saturated rings. The Morgan fingerprint density at radius 1 is 1.46 bits per heavy atom. The van der Waals surface area contributed by atoms with Gasteiger partial charge >= 0.3 is 5.97 Å². The van der Waals surface area contributed by atoms with Gasteiger partial charge in [-0.25, -0.2) is 0 Å². The SMILES string of the molecule is COC(=O)C[C@H](C)[C@H](CC=O)OC. The Morgan fingerprint density at radius 3 is 2.46 bits per heavy atom. The van der Waals surface area contributed by atoms with Gasteiger partial charge in [-0.05, 0) is 5.92 Å². The van der Waals surface area contributed by atoms with Crippen LogP contribution < -0.4 is 0 Å². The summed E-state index contributed by atoms with van der Waals surface area (Å²) < 4.78 is 9.57. The van der Waals surface area contributed by atoms with E-state index in [2.05, 4.69) is 4.74 Å². The van der Waals surface area contributed by atoms with Crippen LogP contribution in [0.2, 0.25) is 0 Å². The number of ether oxygens (including phenoxy) is 2. The third-order valence-corrected chi connectivity index (χ3v) is 1.98. The summed E-state index contributed by atoms with van der Waals surface area (Å²) in [4.78, 5) is 21.1. The zero-order chi connectivity index (χ0) is 10.3. The van der Waals surface area contributed by atoms with Gasteiger partial charge in [0.1, 0.15) is 6.29 Å². The molecule has 0 aromatic carbocycles. The molecule has 0 radical (unpaired) electrons. The predicted octanol–water partition coefficient (Wildman–Crippen LogP) is 0.790. The fourth-order valence-electron chi connectivity index (χ4n) is 1.13. The molecule has 0 bridgehead atoms. The standard InChI is InChI=1S/C9H16O4/c1-7(6-9(11)13-3)8(12-2)4-5-10/h5,7-8H,4,6H2,1-3H3/t7-,8-/m0/s1. The van der Waals surface area contributed by atoms with Gasteiger partial charge in [-0.15, -0.1) is 0 Å². The maximum Gasteiger partial charge on any atom is 0.305 e. The Kier molecular flexibility index (Phi) is 6.14. The summed E-state index contributed by atoms with van der Waals surface area (Å²) in [5.74, 6) is -0.275. The van der Waals surface area contributed by atoms with E-state index >= 15 is 0 Å². The van der Waals surface area contributed by atoms with E-state index in [1.807, 2.05) is 6.92 Å². The van der Waals surface area contributed by atoms with Crippen molar-refractivity contribution in [1.29, 1.82) is 0 Å². The zero-order valence-electron chi connectivity index (χ0n) is 8.28. The summed E-state index contributed by atoms with van der Waals surface area (Å²) in [6, 6.07) is 0. The molecule has 0 heterocycles. The largest absolute Gasteiger partial charge is 0.469 e. The van der Waals surface area contributed by atoms with E-state index in [-0.39, 0.29) is 24.4 Å². The zero-order valence-corrected chi connectivity index (χ0v) is 8.28. The van der Waals surface area contributed by atoms with Crippen LogP contribution in [0.25, 0.3) is 0 Å². The highest BCUT2D eigenvalue weighted by molar-refractivity contribution is 5.69. The van der Waals surface area contributed by atoms with Gasteiger partial charge in [0.25, 0.3) is 0 Å². The first-order valence-electron chi connectivity index (χ1n) is 4.19. The van der Waals surface area contributed by atoms with Crippen molar-refractivity contribution >= 4 is 12.3 Å². The number of carbonyl (C=O) groups is 2. The predicted molar refractivity (Wildman–Crippen MR) is 47.3 cm³/mol. The first-order valence-corrected chi connectivity index (χ1v) is 4.19. The van der Waals surface area contributed by atoms with Gasteiger partial charge in [0.15, 0.2) is 0 Å². The van der Waals surface area contributed by atoms with Gasteiger partial charge in [0, 0.05) is 13.5 Å². The minimum absolute atomic E-state index is 0.00245. The van der Waals surface area contributed by atoms with Crippen molar-refractivity contribution in [2.24, 2.45) is 5.92 Å². The van der Waals surface area contributed by atoms with Crippen LogP contribution in [-0.2, 0) is 19.1 Å². The average Bonchev–Trinajstić information content (AvgIpc) is 2.13. The van der Waals surface area contributed by atoms with E-state index in [0.717, 1.165) is 6.29 Å². The Hall–Kier alpha value is -0.900. The molecular weight excluding hydrogens is 172 g/mol. The second kappa shape index (κ2) is 6.60. The summed E-state index contributed by atoms with van der Waals surface area (Å²) >= 11 is 0. The van der Waals surface area contributed by atoms with Crippen molar-refractivity contribution in [2.75, 3.05) is 14.2 Å². The second-order valence-corrected chi connectivity index (χ2v) is 2.93. The quantitative estimate of drug-likeness (QED) is 0.457. The number of carbonyl (C=O) groups excluding carboxylic acids is 2. The summed E-state index contributed by atoms with van der Waals surface area (Å²) in [5, 5.41) is 0. The maximum absolute atomic E-state index is 10.9. The van der Waals surface area contributed by atoms with E-state index < -0.39 is 0 Å². The van der Waals surface area contributed by atoms with Crippen LogP contribution in [0.5, 0.6) is 0 Å². The topological polar surface area (TPSA) is 52.6 Å². The van der Waals surface area contributed by atoms with Crippen LogP contribution in [-0.4, -0.2) is 32.6 Å². The van der Waals surface area contributed by atoms with Crippen LogP contribution in [0.3, 0.4) is 0 Å². The van der Waals surface area contributed by atoms with E-state index in [4.69, 9.17) is 4.74 Å². The van der Waals surface area contributed by atoms with Gasteiger partial charge < -0.3 is 14.3 Å². The number of hydrogen-bond acceptors (Lipinski definition) is 4. The summed E-state index contributed by atoms with van der Waals surface area (Å²) in [6.45, 7) is 1.86. The molecule has 0 aliphatic rings. The molecule has 0 unspecified atom stereocenters. The normalized spacial score (nSPS) is 14.7. The molecule has 0 aliphatic heterocycles. The third-order valence-electron chi connectivity index (χ3n) is 1.98. The maximum atomic E-state index is 10.9. The summed E-state index contributed by atoms with van der Waals surface area (Å²) in [5.41, 5.74) is 0. The Balaban J connectivity index is 3.96. The molecule has 0 saturated heterocycles. The van der Waals surface area contributed by atoms with Crippen LogP contribution in [0, 0.1) is 5.92 Å². The van der Waals surface area contributed by atoms with Gasteiger partial charge in [-0.3, -0.25) is 4.79 Å². The molecule has 0 aromatic rings. The Morgan fingerprint density at radius 2 is 2.08 bits per heavy atom. The fourth-order valence-corrected chi connectivity index (χ4v) is 1.13. The lowest BCUT2D eigenvalue weighted by Crippen LogP contribution is -2.23. The average molecular weight is 188 g/mol. The van der Waals surface area contributed by atoms with Gasteiger partial charge in [0.2, 0.25) is 0 Å². The molecule has 0 aliphatic carbocycles. The summed E-state index contributed by atoms with van der Waals surface area (Å²) in [7, 11) is 2.87. The molecule has 0 saturated carbocycles. The number of esters is 1. The second-order valence-electron chi connectivity index (χ2n) is 2.93. The molecule has 0 amide bonds. The summed E-state index contributed by atoms with van der Waals surface area (Å²) in [6.07, 6.45) is 1.19. The molecule has 2 atom stereocenters. The number of methoxy groups -OCH3 is 2. The molecule has 0 N–H and O–H groups in total. The molecular formula is C9H16O4. The molecule has 76 valence electrons. The van der Waals surface area contributed by atoms with Crippen LogP contribution in [0.15, 0.2) is 0 Å². The first kappa shape index (κ1) is 12.1. The van der Waals surface area contributed by atoms with Crippen molar-refractivity contribution < 1.29 is 19.1 Å². The van der Waals surface area contributed by atoms with E-state index in [1.54, 1.807) is 0 Å². The number of hydrogen-bond donors (Lipinski definition) is 0. The highest BCUT2D eigenvalue weighted by atomic mass is 16.5. The molecule has 13 heavy (non-hydrogen) atoms. The smallest absolute Gasteiger partial charge is 0.305 e. The van der Waals surface area contributed by atoms with Crippen molar-refractivity contribution in [1.82, 2.24) is 0 Å². The van der Waals surface area contributed by atoms with Crippen molar-refractivity contribution in [3.63, 3.8) is 0 Å². The fraction of sp³-hybridized carbons (Fsp3) is 0.778. The monoisotopic (exact) mass is 188 g/mol. The van der Waals surface area contributed by atoms with Gasteiger partial charge in [0.05, 0.1) is 19.6 Å². The Bertz CT molecular complexity index is 167. The molecule has 0 rings (SSSR count). The number of aldehydes is 1. The molecule has 4 heteroatoms. The van der Waals surface area contributed by atoms with Crippen LogP contribution >= 0.6 is 0 Å². The minimum Gasteiger partial charge on any atom is -0.469 e. The van der Waals surface area contributed by atoms with E-state index in [1.165, 1.54) is 14.2 Å². The number of rotatable bonds is 6. The van der Waals surface area contributed by atoms with E-state index in [9.17, 15) is 9.59 Å². The third kappa shape index (κ3) is 4.62. The lowest BCUT2D eigenvalue weighted by atomic mass is 9.99. The lowest BCUT2D eigenvalue weighted by Gasteiger charge is -2.19. The molecule has 4 nitrogen and oxygen atoms in total. The highest BCUT2D eigenvalue weighted by Crippen LogP contribution is 2.14. The highest BCUT2D eigenvalue weighted by Gasteiger charge is 2.19. The Labute approximate surface area is 78.2 Å². The first-order chi connectivity index (χ1) is 6.15. The van der Waals surface area contributed by atoms with E-state index in [0.29, 0.717) is 6.42 Å². The van der Waals surface area contributed by atoms with Crippen LogP contribution in [0.1, 0.15) is 19.8 Å².